The van der Waals surface area contributed by atoms with Gasteiger partial charge < -0.3 is 4.74 Å². The topological polar surface area (TPSA) is 80.8 Å². The van der Waals surface area contributed by atoms with E-state index in [9.17, 15) is 10.1 Å². The first-order valence-corrected chi connectivity index (χ1v) is 11.0. The van der Waals surface area contributed by atoms with Crippen LogP contribution < -0.4 is 0 Å². The summed E-state index contributed by atoms with van der Waals surface area (Å²) >= 11 is 0. The largest absolute Gasteiger partial charge is 0.381 e. The Kier molecular flexibility index (Phi) is 6.20. The minimum absolute atomic E-state index is 0.00557. The van der Waals surface area contributed by atoms with Crippen molar-refractivity contribution in [3.05, 3.63) is 76.9 Å². The number of hydrogen-bond acceptors (Lipinski definition) is 5. The summed E-state index contributed by atoms with van der Waals surface area (Å²) in [5.41, 5.74) is 4.60. The van der Waals surface area contributed by atoms with Gasteiger partial charge in [0.25, 0.3) is 0 Å². The van der Waals surface area contributed by atoms with Crippen LogP contribution in [0.3, 0.4) is 0 Å². The van der Waals surface area contributed by atoms with Crippen molar-refractivity contribution in [1.82, 2.24) is 14.8 Å². The van der Waals surface area contributed by atoms with Gasteiger partial charge in [0.1, 0.15) is 0 Å². The molecule has 1 aliphatic carbocycles. The second-order valence-corrected chi connectivity index (χ2v) is 8.67. The van der Waals surface area contributed by atoms with Gasteiger partial charge in [0.2, 0.25) is 0 Å². The number of nitrogens with zero attached hydrogens (tertiary/aromatic N) is 4. The highest BCUT2D eigenvalue weighted by Gasteiger charge is 2.38. The quantitative estimate of drug-likeness (QED) is 0.534. The summed E-state index contributed by atoms with van der Waals surface area (Å²) in [5, 5.41) is 14.3. The Morgan fingerprint density at radius 2 is 1.88 bits per heavy atom. The number of carbonyl (C=O) groups is 1. The van der Waals surface area contributed by atoms with Crippen molar-refractivity contribution in [2.75, 3.05) is 7.11 Å². The van der Waals surface area contributed by atoms with Gasteiger partial charge in [-0.2, -0.15) is 10.4 Å². The van der Waals surface area contributed by atoms with Crippen LogP contribution in [0.5, 0.6) is 0 Å². The van der Waals surface area contributed by atoms with E-state index in [1.54, 1.807) is 24.2 Å². The van der Waals surface area contributed by atoms with Crippen LogP contribution in [0.2, 0.25) is 0 Å². The molecule has 1 aliphatic rings. The van der Waals surface area contributed by atoms with E-state index in [4.69, 9.17) is 4.74 Å². The lowest BCUT2D eigenvalue weighted by Crippen LogP contribution is -2.33. The molecule has 6 nitrogen and oxygen atoms in total. The Morgan fingerprint density at radius 1 is 1.16 bits per heavy atom. The molecule has 0 saturated heterocycles. The zero-order valence-electron chi connectivity index (χ0n) is 18.8. The number of nitriles is 1. The number of ether oxygens (including phenoxy) is 1. The standard InChI is InChI=1S/C26H28N4O2/c1-18-4-7-21(8-5-18)30-19(2)23(16-29-30)24(31)14-20-6-9-25(28-15-20)26(17-27)12-10-22(32-3)11-13-26/h4-9,15-16,22H,10-14H2,1-3H3. The van der Waals surface area contributed by atoms with Gasteiger partial charge in [-0.1, -0.05) is 23.8 Å². The molecule has 1 aromatic carbocycles. The normalized spacial score (nSPS) is 20.6. The molecule has 4 rings (SSSR count). The Labute approximate surface area is 188 Å². The first kappa shape index (κ1) is 21.9. The molecular formula is C26H28N4O2. The Bertz CT molecular complexity index is 1130. The van der Waals surface area contributed by atoms with Crippen LogP contribution in [0.1, 0.15) is 58.6 Å². The van der Waals surface area contributed by atoms with Crippen LogP contribution in [0, 0.1) is 25.2 Å². The van der Waals surface area contributed by atoms with E-state index >= 15 is 0 Å². The molecule has 0 unspecified atom stereocenters. The zero-order chi connectivity index (χ0) is 22.7. The van der Waals surface area contributed by atoms with Crippen LogP contribution in [0.25, 0.3) is 5.69 Å². The predicted molar refractivity (Wildman–Crippen MR) is 122 cm³/mol. The van der Waals surface area contributed by atoms with Crippen molar-refractivity contribution in [1.29, 1.82) is 5.26 Å². The number of aromatic nitrogens is 3. The first-order chi connectivity index (χ1) is 15.5. The summed E-state index contributed by atoms with van der Waals surface area (Å²) in [6.07, 6.45) is 7.03. The summed E-state index contributed by atoms with van der Waals surface area (Å²) in [5.74, 6) is 0.00557. The third-order valence-electron chi connectivity index (χ3n) is 6.60. The van der Waals surface area contributed by atoms with E-state index in [-0.39, 0.29) is 18.3 Å². The van der Waals surface area contributed by atoms with Gasteiger partial charge in [-0.15, -0.1) is 0 Å². The third-order valence-corrected chi connectivity index (χ3v) is 6.60. The van der Waals surface area contributed by atoms with E-state index in [1.807, 2.05) is 50.2 Å². The lowest BCUT2D eigenvalue weighted by Gasteiger charge is -2.33. The fourth-order valence-corrected chi connectivity index (χ4v) is 4.47. The molecule has 0 amide bonds. The molecule has 0 N–H and O–H groups in total. The van der Waals surface area contributed by atoms with Gasteiger partial charge in [-0.05, 0) is 63.3 Å². The van der Waals surface area contributed by atoms with E-state index in [0.29, 0.717) is 5.56 Å². The zero-order valence-corrected chi connectivity index (χ0v) is 18.8. The maximum Gasteiger partial charge on any atom is 0.170 e. The summed E-state index contributed by atoms with van der Waals surface area (Å²) in [7, 11) is 1.72. The molecule has 0 bridgehead atoms. The molecule has 1 fully saturated rings. The van der Waals surface area contributed by atoms with Crippen molar-refractivity contribution in [3.63, 3.8) is 0 Å². The second-order valence-electron chi connectivity index (χ2n) is 8.67. The Morgan fingerprint density at radius 3 is 2.47 bits per heavy atom. The van der Waals surface area contributed by atoms with E-state index in [2.05, 4.69) is 16.2 Å². The lowest BCUT2D eigenvalue weighted by molar-refractivity contribution is 0.0568. The predicted octanol–water partition coefficient (Wildman–Crippen LogP) is 4.66. The molecule has 2 heterocycles. The van der Waals surface area contributed by atoms with Crippen LogP contribution in [-0.4, -0.2) is 33.8 Å². The van der Waals surface area contributed by atoms with Crippen molar-refractivity contribution < 1.29 is 9.53 Å². The minimum atomic E-state index is -0.566. The smallest absolute Gasteiger partial charge is 0.170 e. The molecule has 6 heteroatoms. The molecule has 3 aromatic rings. The van der Waals surface area contributed by atoms with Gasteiger partial charge in [-0.3, -0.25) is 9.78 Å². The maximum absolute atomic E-state index is 13.0. The number of carbonyl (C=O) groups excluding carboxylic acids is 1. The summed E-state index contributed by atoms with van der Waals surface area (Å²) in [6, 6.07) is 14.4. The van der Waals surface area contributed by atoms with Crippen molar-refractivity contribution in [2.24, 2.45) is 0 Å². The van der Waals surface area contributed by atoms with Gasteiger partial charge in [0.15, 0.2) is 5.78 Å². The summed E-state index contributed by atoms with van der Waals surface area (Å²) in [4.78, 5) is 17.6. The minimum Gasteiger partial charge on any atom is -0.381 e. The second kappa shape index (κ2) is 9.05. The van der Waals surface area contributed by atoms with Gasteiger partial charge >= 0.3 is 0 Å². The van der Waals surface area contributed by atoms with Gasteiger partial charge in [0.05, 0.1) is 46.4 Å². The van der Waals surface area contributed by atoms with Crippen molar-refractivity contribution >= 4 is 5.78 Å². The summed E-state index contributed by atoms with van der Waals surface area (Å²) in [6.45, 7) is 3.95. The number of rotatable bonds is 6. The van der Waals surface area contributed by atoms with Crippen LogP contribution in [-0.2, 0) is 16.6 Å². The number of hydrogen-bond donors (Lipinski definition) is 0. The first-order valence-electron chi connectivity index (χ1n) is 11.0. The fraction of sp³-hybridized carbons (Fsp3) is 0.385. The number of ketones is 1. The fourth-order valence-electron chi connectivity index (χ4n) is 4.47. The third kappa shape index (κ3) is 4.21. The van der Waals surface area contributed by atoms with Crippen LogP contribution >= 0.6 is 0 Å². The molecule has 32 heavy (non-hydrogen) atoms. The van der Waals surface area contributed by atoms with Gasteiger partial charge in [-0.25, -0.2) is 4.68 Å². The lowest BCUT2D eigenvalue weighted by atomic mass is 9.71. The summed E-state index contributed by atoms with van der Waals surface area (Å²) < 4.78 is 7.23. The van der Waals surface area contributed by atoms with Crippen molar-refractivity contribution in [3.8, 4) is 11.8 Å². The molecule has 0 spiro atoms. The Hall–Kier alpha value is -3.30. The maximum atomic E-state index is 13.0. The number of Topliss-reactive ketones (excluding diaryl/α,β-unsaturated/α-hetero) is 1. The highest BCUT2D eigenvalue weighted by Crippen LogP contribution is 2.38. The SMILES string of the molecule is COC1CCC(C#N)(c2ccc(CC(=O)c3cnn(-c4ccc(C)cc4)c3C)cn2)CC1. The molecule has 0 radical (unpaired) electrons. The van der Waals surface area contributed by atoms with E-state index in [0.717, 1.165) is 48.3 Å². The van der Waals surface area contributed by atoms with E-state index in [1.165, 1.54) is 5.56 Å². The molecule has 0 aliphatic heterocycles. The average Bonchev–Trinajstić information content (AvgIpc) is 3.21. The molecule has 1 saturated carbocycles. The molecule has 164 valence electrons. The van der Waals surface area contributed by atoms with E-state index < -0.39 is 5.41 Å². The Balaban J connectivity index is 1.48. The highest BCUT2D eigenvalue weighted by molar-refractivity contribution is 5.98. The monoisotopic (exact) mass is 428 g/mol. The number of pyridine rings is 1. The average molecular weight is 429 g/mol. The molecular weight excluding hydrogens is 400 g/mol. The van der Waals surface area contributed by atoms with Crippen LogP contribution in [0.4, 0.5) is 0 Å². The van der Waals surface area contributed by atoms with Crippen LogP contribution in [0.15, 0.2) is 48.8 Å². The number of benzene rings is 1. The molecule has 2 aromatic heterocycles. The highest BCUT2D eigenvalue weighted by atomic mass is 16.5. The molecule has 0 atom stereocenters. The van der Waals surface area contributed by atoms with Gasteiger partial charge in [0, 0.05) is 19.7 Å². The number of aryl methyl sites for hydroxylation is 1. The van der Waals surface area contributed by atoms with Crippen molar-refractivity contribution in [2.45, 2.75) is 57.5 Å². The number of methoxy groups -OCH3 is 1.